The fraction of sp³-hybridized carbons (Fsp3) is 0.500. The molecule has 1 saturated carbocycles. The lowest BCUT2D eigenvalue weighted by Gasteiger charge is -2.18. The van der Waals surface area contributed by atoms with Gasteiger partial charge in [-0.05, 0) is 24.3 Å². The fourth-order valence-corrected chi connectivity index (χ4v) is 2.54. The maximum absolute atomic E-state index is 12.4. The van der Waals surface area contributed by atoms with Crippen LogP contribution in [0.2, 0.25) is 0 Å². The summed E-state index contributed by atoms with van der Waals surface area (Å²) in [6, 6.07) is 9.81. The van der Waals surface area contributed by atoms with E-state index >= 15 is 0 Å². The van der Waals surface area contributed by atoms with Crippen molar-refractivity contribution in [2.24, 2.45) is 5.92 Å². The molecule has 1 fully saturated rings. The Hall–Kier alpha value is -1.84. The number of rotatable bonds is 7. The molecule has 0 saturated heterocycles. The Kier molecular flexibility index (Phi) is 4.42. The third-order valence-corrected chi connectivity index (χ3v) is 4.10. The van der Waals surface area contributed by atoms with Crippen molar-refractivity contribution in [2.75, 3.05) is 6.54 Å². The van der Waals surface area contributed by atoms with E-state index in [2.05, 4.69) is 5.32 Å². The van der Waals surface area contributed by atoms with Crippen LogP contribution in [0.15, 0.2) is 30.3 Å². The highest BCUT2D eigenvalue weighted by molar-refractivity contribution is 5.91. The van der Waals surface area contributed by atoms with Crippen molar-refractivity contribution in [1.29, 1.82) is 0 Å². The second-order valence-electron chi connectivity index (χ2n) is 5.53. The molecule has 2 N–H and O–H groups in total. The summed E-state index contributed by atoms with van der Waals surface area (Å²) in [6.07, 6.45) is 2.61. The molecule has 1 unspecified atom stereocenters. The number of hydrogen-bond donors (Lipinski definition) is 2. The first-order valence-corrected chi connectivity index (χ1v) is 7.14. The summed E-state index contributed by atoms with van der Waals surface area (Å²) in [7, 11) is 0. The number of hydrogen-bond acceptors (Lipinski definition) is 2. The number of carboxylic acid groups (broad SMARTS) is 1. The standard InChI is InChI=1S/C16H21NO3/c1-2-12(10-14(18)19)11-17-15(20)16(8-9-16)13-6-4-3-5-7-13/h3-7,12H,2,8-11H2,1H3,(H,17,20)(H,18,19). The molecule has 1 aromatic carbocycles. The van der Waals surface area contributed by atoms with Gasteiger partial charge in [-0.2, -0.15) is 0 Å². The summed E-state index contributed by atoms with van der Waals surface area (Å²) in [5, 5.41) is 11.8. The Balaban J connectivity index is 1.94. The van der Waals surface area contributed by atoms with Gasteiger partial charge in [-0.25, -0.2) is 0 Å². The van der Waals surface area contributed by atoms with E-state index in [0.717, 1.165) is 24.8 Å². The van der Waals surface area contributed by atoms with Crippen LogP contribution in [0.5, 0.6) is 0 Å². The minimum atomic E-state index is -0.810. The molecule has 1 aliphatic carbocycles. The molecular weight excluding hydrogens is 254 g/mol. The third kappa shape index (κ3) is 3.18. The highest BCUT2D eigenvalue weighted by Crippen LogP contribution is 2.48. The van der Waals surface area contributed by atoms with Gasteiger partial charge in [-0.1, -0.05) is 43.7 Å². The summed E-state index contributed by atoms with van der Waals surface area (Å²) in [4.78, 5) is 23.1. The van der Waals surface area contributed by atoms with Crippen molar-refractivity contribution in [1.82, 2.24) is 5.32 Å². The van der Waals surface area contributed by atoms with Gasteiger partial charge in [0, 0.05) is 13.0 Å². The van der Waals surface area contributed by atoms with Crippen molar-refractivity contribution in [3.05, 3.63) is 35.9 Å². The Labute approximate surface area is 119 Å². The predicted octanol–water partition coefficient (Wildman–Crippen LogP) is 2.34. The zero-order valence-corrected chi connectivity index (χ0v) is 11.8. The van der Waals surface area contributed by atoms with Crippen LogP contribution in [0.4, 0.5) is 0 Å². The lowest BCUT2D eigenvalue weighted by Crippen LogP contribution is -2.38. The number of carbonyl (C=O) groups is 2. The average molecular weight is 275 g/mol. The number of carboxylic acids is 1. The van der Waals surface area contributed by atoms with Gasteiger partial charge in [0.2, 0.25) is 5.91 Å². The predicted molar refractivity (Wildman–Crippen MR) is 76.4 cm³/mol. The molecule has 20 heavy (non-hydrogen) atoms. The highest BCUT2D eigenvalue weighted by atomic mass is 16.4. The molecule has 0 aliphatic heterocycles. The van der Waals surface area contributed by atoms with Gasteiger partial charge in [0.1, 0.15) is 0 Å². The topological polar surface area (TPSA) is 66.4 Å². The van der Waals surface area contributed by atoms with Gasteiger partial charge in [0.05, 0.1) is 5.41 Å². The lowest BCUT2D eigenvalue weighted by molar-refractivity contribution is -0.138. The number of benzene rings is 1. The molecule has 1 aliphatic rings. The summed E-state index contributed by atoms with van der Waals surface area (Å²) in [6.45, 7) is 2.39. The van der Waals surface area contributed by atoms with Gasteiger partial charge in [-0.3, -0.25) is 9.59 Å². The highest BCUT2D eigenvalue weighted by Gasteiger charge is 2.50. The molecule has 0 heterocycles. The van der Waals surface area contributed by atoms with Crippen LogP contribution in [-0.4, -0.2) is 23.5 Å². The van der Waals surface area contributed by atoms with E-state index in [-0.39, 0.29) is 23.7 Å². The van der Waals surface area contributed by atoms with E-state index in [1.54, 1.807) is 0 Å². The van der Waals surface area contributed by atoms with Crippen molar-refractivity contribution >= 4 is 11.9 Å². The number of nitrogens with one attached hydrogen (secondary N) is 1. The zero-order chi connectivity index (χ0) is 14.6. The molecule has 1 amide bonds. The van der Waals surface area contributed by atoms with Crippen LogP contribution >= 0.6 is 0 Å². The maximum atomic E-state index is 12.4. The summed E-state index contributed by atoms with van der Waals surface area (Å²) >= 11 is 0. The van der Waals surface area contributed by atoms with E-state index in [0.29, 0.717) is 6.54 Å². The molecule has 4 nitrogen and oxygen atoms in total. The van der Waals surface area contributed by atoms with E-state index in [4.69, 9.17) is 5.11 Å². The van der Waals surface area contributed by atoms with E-state index in [9.17, 15) is 9.59 Å². The van der Waals surface area contributed by atoms with Crippen molar-refractivity contribution in [3.63, 3.8) is 0 Å². The molecule has 0 radical (unpaired) electrons. The van der Waals surface area contributed by atoms with Crippen LogP contribution in [-0.2, 0) is 15.0 Å². The SMILES string of the molecule is CCC(CNC(=O)C1(c2ccccc2)CC1)CC(=O)O. The second kappa shape index (κ2) is 6.07. The molecule has 0 spiro atoms. The minimum Gasteiger partial charge on any atom is -0.481 e. The minimum absolute atomic E-state index is 0.00280. The second-order valence-corrected chi connectivity index (χ2v) is 5.53. The molecule has 2 rings (SSSR count). The van der Waals surface area contributed by atoms with Crippen molar-refractivity contribution in [3.8, 4) is 0 Å². The van der Waals surface area contributed by atoms with Crippen LogP contribution in [0, 0.1) is 5.92 Å². The summed E-state index contributed by atoms with van der Waals surface area (Å²) in [5.74, 6) is -0.772. The maximum Gasteiger partial charge on any atom is 0.303 e. The zero-order valence-electron chi connectivity index (χ0n) is 11.8. The molecule has 1 atom stereocenters. The Bertz CT molecular complexity index is 480. The third-order valence-electron chi connectivity index (χ3n) is 4.10. The number of amides is 1. The molecule has 0 bridgehead atoms. The van der Waals surface area contributed by atoms with Gasteiger partial charge in [0.15, 0.2) is 0 Å². The first kappa shape index (κ1) is 14.6. The van der Waals surface area contributed by atoms with Gasteiger partial charge in [-0.15, -0.1) is 0 Å². The molecule has 108 valence electrons. The van der Waals surface area contributed by atoms with Crippen molar-refractivity contribution < 1.29 is 14.7 Å². The quantitative estimate of drug-likeness (QED) is 0.802. The normalized spacial score (nSPS) is 17.2. The smallest absolute Gasteiger partial charge is 0.303 e. The molecular formula is C16H21NO3. The molecule has 4 heteroatoms. The van der Waals surface area contributed by atoms with Crippen LogP contribution in [0.25, 0.3) is 0 Å². The fourth-order valence-electron chi connectivity index (χ4n) is 2.54. The summed E-state index contributed by atoms with van der Waals surface area (Å²) in [5.41, 5.74) is 0.687. The van der Waals surface area contributed by atoms with E-state index in [1.807, 2.05) is 37.3 Å². The molecule has 0 aromatic heterocycles. The van der Waals surface area contributed by atoms with E-state index < -0.39 is 5.97 Å². The number of aliphatic carboxylic acids is 1. The Morgan fingerprint density at radius 1 is 1.30 bits per heavy atom. The lowest BCUT2D eigenvalue weighted by atomic mass is 9.94. The first-order valence-electron chi connectivity index (χ1n) is 7.14. The first-order chi connectivity index (χ1) is 9.58. The van der Waals surface area contributed by atoms with Crippen LogP contribution in [0.1, 0.15) is 38.2 Å². The summed E-state index contributed by atoms with van der Waals surface area (Å²) < 4.78 is 0. The van der Waals surface area contributed by atoms with Gasteiger partial charge < -0.3 is 10.4 Å². The van der Waals surface area contributed by atoms with Crippen molar-refractivity contribution in [2.45, 2.75) is 38.0 Å². The van der Waals surface area contributed by atoms with Crippen LogP contribution < -0.4 is 5.32 Å². The largest absolute Gasteiger partial charge is 0.481 e. The average Bonchev–Trinajstić information content (AvgIpc) is 3.25. The van der Waals surface area contributed by atoms with Crippen LogP contribution in [0.3, 0.4) is 0 Å². The number of carbonyl (C=O) groups excluding carboxylic acids is 1. The van der Waals surface area contributed by atoms with Gasteiger partial charge in [0.25, 0.3) is 0 Å². The Morgan fingerprint density at radius 3 is 2.45 bits per heavy atom. The molecule has 1 aromatic rings. The Morgan fingerprint density at radius 2 is 1.95 bits per heavy atom. The monoisotopic (exact) mass is 275 g/mol. The van der Waals surface area contributed by atoms with E-state index in [1.165, 1.54) is 0 Å². The van der Waals surface area contributed by atoms with Gasteiger partial charge >= 0.3 is 5.97 Å².